The van der Waals surface area contributed by atoms with Crippen molar-refractivity contribution < 1.29 is 0 Å². The topological polar surface area (TPSA) is 25.8 Å². The predicted molar refractivity (Wildman–Crippen MR) is 70.4 cm³/mol. The maximum absolute atomic E-state index is 4.52. The molecule has 0 N–H and O–H groups in total. The predicted octanol–water partition coefficient (Wildman–Crippen LogP) is 2.69. The Hall–Kier alpha value is -1.48. The Balaban J connectivity index is 2.58. The Morgan fingerprint density at radius 1 is 0.938 bits per heavy atom. The van der Waals surface area contributed by atoms with Gasteiger partial charge in [0.2, 0.25) is 0 Å². The summed E-state index contributed by atoms with van der Waals surface area (Å²) in [5.41, 5.74) is 2.28. The molecule has 0 radical (unpaired) electrons. The smallest absolute Gasteiger partial charge is 0.0804 e. The number of rotatable bonds is 2. The Morgan fingerprint density at radius 3 is 2.25 bits per heavy atom. The first-order chi connectivity index (χ1) is 7.59. The van der Waals surface area contributed by atoms with Gasteiger partial charge in [-0.15, -0.1) is 0 Å². The fraction of sp³-hybridized carbons (Fsp3) is 0.231. The molecule has 0 aliphatic carbocycles. The van der Waals surface area contributed by atoms with Gasteiger partial charge in [-0.25, -0.2) is 0 Å². The maximum atomic E-state index is 4.52. The molecule has 2 nitrogen and oxygen atoms in total. The van der Waals surface area contributed by atoms with Gasteiger partial charge in [0.1, 0.15) is 0 Å². The van der Waals surface area contributed by atoms with Crippen LogP contribution in [0.5, 0.6) is 0 Å². The van der Waals surface area contributed by atoms with E-state index in [1.807, 2.05) is 36.8 Å². The molecule has 0 aliphatic heterocycles. The maximum Gasteiger partial charge on any atom is 0.0804 e. The van der Waals surface area contributed by atoms with E-state index in [0.29, 0.717) is 0 Å². The zero-order valence-corrected chi connectivity index (χ0v) is 10.9. The van der Waals surface area contributed by atoms with Crippen LogP contribution in [0.1, 0.15) is 0 Å². The van der Waals surface area contributed by atoms with Crippen LogP contribution in [0.4, 0.5) is 0 Å². The van der Waals surface area contributed by atoms with Crippen LogP contribution in [0.25, 0.3) is 11.3 Å². The largest absolute Gasteiger partial charge is 0.265 e. The summed E-state index contributed by atoms with van der Waals surface area (Å²) in [6, 6.07) is 8.27. The van der Waals surface area contributed by atoms with Crippen molar-refractivity contribution >= 4 is 13.3 Å². The lowest BCUT2D eigenvalue weighted by Gasteiger charge is -2.19. The van der Waals surface area contributed by atoms with Gasteiger partial charge in [0, 0.05) is 24.2 Å². The molecule has 0 amide bonds. The molecule has 0 saturated heterocycles. The van der Waals surface area contributed by atoms with Crippen molar-refractivity contribution in [2.24, 2.45) is 0 Å². The molecule has 0 aliphatic rings. The molecule has 3 heteroatoms. The summed E-state index contributed by atoms with van der Waals surface area (Å²) in [6.45, 7) is 7.03. The highest BCUT2D eigenvalue weighted by molar-refractivity contribution is 6.89. The monoisotopic (exact) mass is 228 g/mol. The Labute approximate surface area is 97.4 Å². The summed E-state index contributed by atoms with van der Waals surface area (Å²) in [5.74, 6) is 0. The molecule has 2 aromatic heterocycles. The SMILES string of the molecule is C[Si](C)(C)c1cccnc1-c1ccncc1. The molecular weight excluding hydrogens is 212 g/mol. The minimum atomic E-state index is -1.34. The number of aromatic nitrogens is 2. The first-order valence-corrected chi connectivity index (χ1v) is 8.95. The normalized spacial score (nSPS) is 11.4. The first-order valence-electron chi connectivity index (χ1n) is 5.45. The first kappa shape index (κ1) is 11.0. The zero-order chi connectivity index (χ0) is 11.6. The van der Waals surface area contributed by atoms with Crippen LogP contribution in [0.2, 0.25) is 19.6 Å². The fourth-order valence-corrected chi connectivity index (χ4v) is 3.27. The van der Waals surface area contributed by atoms with Crippen molar-refractivity contribution in [2.75, 3.05) is 0 Å². The molecular formula is C13H16N2Si. The van der Waals surface area contributed by atoms with Crippen LogP contribution in [0.15, 0.2) is 42.9 Å². The van der Waals surface area contributed by atoms with E-state index >= 15 is 0 Å². The lowest BCUT2D eigenvalue weighted by molar-refractivity contribution is 1.29. The summed E-state index contributed by atoms with van der Waals surface area (Å²) < 4.78 is 0. The molecule has 0 bridgehead atoms. The standard InChI is InChI=1S/C13H16N2Si/c1-16(2,3)12-5-4-8-15-13(12)11-6-9-14-10-7-11/h4-10H,1-3H3. The van der Waals surface area contributed by atoms with Gasteiger partial charge in [0.25, 0.3) is 0 Å². The second-order valence-corrected chi connectivity index (χ2v) is 9.92. The molecule has 2 aromatic rings. The van der Waals surface area contributed by atoms with Crippen molar-refractivity contribution in [2.45, 2.75) is 19.6 Å². The van der Waals surface area contributed by atoms with Crippen LogP contribution in [0, 0.1) is 0 Å². The van der Waals surface area contributed by atoms with Gasteiger partial charge in [-0.3, -0.25) is 9.97 Å². The second-order valence-electron chi connectivity index (χ2n) is 4.89. The second kappa shape index (κ2) is 4.18. The average Bonchev–Trinajstić information content (AvgIpc) is 2.29. The number of hydrogen-bond acceptors (Lipinski definition) is 2. The molecule has 0 fully saturated rings. The van der Waals surface area contributed by atoms with Crippen molar-refractivity contribution in [3.05, 3.63) is 42.9 Å². The van der Waals surface area contributed by atoms with Crippen LogP contribution < -0.4 is 5.19 Å². The van der Waals surface area contributed by atoms with E-state index in [1.54, 1.807) is 0 Å². The summed E-state index contributed by atoms with van der Waals surface area (Å²) in [7, 11) is -1.34. The van der Waals surface area contributed by atoms with Crippen LogP contribution >= 0.6 is 0 Å². The van der Waals surface area contributed by atoms with E-state index in [9.17, 15) is 0 Å². The minimum Gasteiger partial charge on any atom is -0.265 e. The summed E-state index contributed by atoms with van der Waals surface area (Å²) in [6.07, 6.45) is 5.50. The number of nitrogens with zero attached hydrogens (tertiary/aromatic N) is 2. The number of hydrogen-bond donors (Lipinski definition) is 0. The molecule has 82 valence electrons. The number of pyridine rings is 2. The van der Waals surface area contributed by atoms with Gasteiger partial charge < -0.3 is 0 Å². The van der Waals surface area contributed by atoms with Gasteiger partial charge in [0.05, 0.1) is 13.8 Å². The highest BCUT2D eigenvalue weighted by atomic mass is 28.3. The van der Waals surface area contributed by atoms with E-state index < -0.39 is 8.07 Å². The average molecular weight is 228 g/mol. The van der Waals surface area contributed by atoms with Crippen molar-refractivity contribution in [1.29, 1.82) is 0 Å². The third-order valence-corrected chi connectivity index (χ3v) is 4.59. The van der Waals surface area contributed by atoms with E-state index in [2.05, 4.69) is 35.7 Å². The van der Waals surface area contributed by atoms with Gasteiger partial charge >= 0.3 is 0 Å². The Bertz CT molecular complexity index is 475. The van der Waals surface area contributed by atoms with Crippen LogP contribution in [0.3, 0.4) is 0 Å². The third kappa shape index (κ3) is 2.19. The van der Waals surface area contributed by atoms with Crippen molar-refractivity contribution in [3.8, 4) is 11.3 Å². The molecule has 2 rings (SSSR count). The van der Waals surface area contributed by atoms with E-state index in [-0.39, 0.29) is 0 Å². The Morgan fingerprint density at radius 2 is 1.62 bits per heavy atom. The van der Waals surface area contributed by atoms with Gasteiger partial charge in [-0.1, -0.05) is 25.7 Å². The molecule has 0 spiro atoms. The summed E-state index contributed by atoms with van der Waals surface area (Å²) >= 11 is 0. The van der Waals surface area contributed by atoms with E-state index in [0.717, 1.165) is 11.3 Å². The zero-order valence-electron chi connectivity index (χ0n) is 9.94. The fourth-order valence-electron chi connectivity index (χ4n) is 1.75. The summed E-state index contributed by atoms with van der Waals surface area (Å²) in [5, 5.41) is 1.40. The van der Waals surface area contributed by atoms with Crippen molar-refractivity contribution in [1.82, 2.24) is 9.97 Å². The molecule has 0 unspecified atom stereocenters. The molecule has 0 aromatic carbocycles. The lowest BCUT2D eigenvalue weighted by Crippen LogP contribution is -2.39. The highest BCUT2D eigenvalue weighted by Gasteiger charge is 2.21. The molecule has 0 atom stereocenters. The van der Waals surface area contributed by atoms with Crippen LogP contribution in [-0.4, -0.2) is 18.0 Å². The van der Waals surface area contributed by atoms with Gasteiger partial charge in [0.15, 0.2) is 0 Å². The third-order valence-electron chi connectivity index (χ3n) is 2.57. The molecule has 2 heterocycles. The highest BCUT2D eigenvalue weighted by Crippen LogP contribution is 2.16. The minimum absolute atomic E-state index is 1.11. The van der Waals surface area contributed by atoms with Crippen LogP contribution in [-0.2, 0) is 0 Å². The van der Waals surface area contributed by atoms with Gasteiger partial charge in [-0.05, 0) is 23.4 Å². The van der Waals surface area contributed by atoms with E-state index in [1.165, 1.54) is 5.19 Å². The van der Waals surface area contributed by atoms with E-state index in [4.69, 9.17) is 0 Å². The molecule has 16 heavy (non-hydrogen) atoms. The lowest BCUT2D eigenvalue weighted by atomic mass is 10.2. The quantitative estimate of drug-likeness (QED) is 0.739. The van der Waals surface area contributed by atoms with Gasteiger partial charge in [-0.2, -0.15) is 0 Å². The summed E-state index contributed by atoms with van der Waals surface area (Å²) in [4.78, 5) is 8.57. The van der Waals surface area contributed by atoms with Crippen molar-refractivity contribution in [3.63, 3.8) is 0 Å². The molecule has 0 saturated carbocycles. The Kier molecular flexibility index (Phi) is 2.88.